The molecule has 0 aliphatic carbocycles. The number of morpholine rings is 1. The molecule has 1 aliphatic rings. The number of rotatable bonds is 7. The van der Waals surface area contributed by atoms with E-state index in [4.69, 9.17) is 4.74 Å². The third-order valence-electron chi connectivity index (χ3n) is 4.58. The molecule has 6 heteroatoms. The first-order valence-corrected chi connectivity index (χ1v) is 8.47. The van der Waals surface area contributed by atoms with Crippen LogP contribution in [0.3, 0.4) is 0 Å². The van der Waals surface area contributed by atoms with Crippen molar-refractivity contribution in [3.63, 3.8) is 0 Å². The third-order valence-corrected chi connectivity index (χ3v) is 4.58. The zero-order valence-corrected chi connectivity index (χ0v) is 14.9. The number of hydrogen-bond acceptors (Lipinski definition) is 4. The summed E-state index contributed by atoms with van der Waals surface area (Å²) in [5, 5.41) is 0. The van der Waals surface area contributed by atoms with Crippen LogP contribution in [-0.4, -0.2) is 80.1 Å². The zero-order valence-electron chi connectivity index (χ0n) is 14.9. The number of nitrogens with zero attached hydrogens (tertiary/aromatic N) is 3. The summed E-state index contributed by atoms with van der Waals surface area (Å²) in [7, 11) is 3.73. The smallest absolute Gasteiger partial charge is 0.239 e. The van der Waals surface area contributed by atoms with Gasteiger partial charge < -0.3 is 9.64 Å². The maximum atomic E-state index is 13.3. The average molecular weight is 337 g/mol. The standard InChI is InChI=1S/C18H28FN3O2/c1-15(20(2)7-8-22-9-11-24-12-10-22)18(23)21(3)14-16-5-4-6-17(19)13-16/h4-6,13,15H,7-12,14H2,1-3H3/t15-/m0/s1. The number of amides is 1. The lowest BCUT2D eigenvalue weighted by Gasteiger charge is -2.32. The van der Waals surface area contributed by atoms with E-state index in [-0.39, 0.29) is 17.8 Å². The molecule has 1 saturated heterocycles. The van der Waals surface area contributed by atoms with Crippen molar-refractivity contribution in [1.82, 2.24) is 14.7 Å². The Balaban J connectivity index is 1.80. The number of ether oxygens (including phenoxy) is 1. The number of likely N-dealkylation sites (N-methyl/N-ethyl adjacent to an activating group) is 2. The normalized spacial score (nSPS) is 17.0. The molecule has 0 bridgehead atoms. The van der Waals surface area contributed by atoms with Gasteiger partial charge in [0.05, 0.1) is 19.3 Å². The van der Waals surface area contributed by atoms with E-state index in [0.717, 1.165) is 45.0 Å². The molecule has 24 heavy (non-hydrogen) atoms. The molecule has 0 saturated carbocycles. The molecule has 1 atom stereocenters. The van der Waals surface area contributed by atoms with Gasteiger partial charge in [-0.05, 0) is 31.7 Å². The summed E-state index contributed by atoms with van der Waals surface area (Å²) in [4.78, 5) is 18.7. The van der Waals surface area contributed by atoms with Crippen molar-refractivity contribution in [2.24, 2.45) is 0 Å². The Hall–Kier alpha value is -1.50. The van der Waals surface area contributed by atoms with E-state index in [2.05, 4.69) is 9.80 Å². The molecule has 1 heterocycles. The summed E-state index contributed by atoms with van der Waals surface area (Å²) in [5.41, 5.74) is 0.800. The van der Waals surface area contributed by atoms with E-state index in [1.807, 2.05) is 20.0 Å². The van der Waals surface area contributed by atoms with Crippen LogP contribution in [0.5, 0.6) is 0 Å². The van der Waals surface area contributed by atoms with Crippen LogP contribution in [0.4, 0.5) is 4.39 Å². The van der Waals surface area contributed by atoms with Crippen LogP contribution in [0.25, 0.3) is 0 Å². The van der Waals surface area contributed by atoms with Crippen molar-refractivity contribution in [1.29, 1.82) is 0 Å². The van der Waals surface area contributed by atoms with E-state index in [1.54, 1.807) is 18.0 Å². The van der Waals surface area contributed by atoms with Gasteiger partial charge >= 0.3 is 0 Å². The first-order valence-electron chi connectivity index (χ1n) is 8.47. The van der Waals surface area contributed by atoms with Crippen LogP contribution >= 0.6 is 0 Å². The Bertz CT molecular complexity index is 535. The zero-order chi connectivity index (χ0) is 17.5. The lowest BCUT2D eigenvalue weighted by Crippen LogP contribution is -2.47. The molecule has 0 N–H and O–H groups in total. The lowest BCUT2D eigenvalue weighted by molar-refractivity contribution is -0.135. The highest BCUT2D eigenvalue weighted by Crippen LogP contribution is 2.09. The predicted octanol–water partition coefficient (Wildman–Crippen LogP) is 1.44. The van der Waals surface area contributed by atoms with E-state index in [9.17, 15) is 9.18 Å². The van der Waals surface area contributed by atoms with Crippen molar-refractivity contribution in [2.75, 3.05) is 53.5 Å². The topological polar surface area (TPSA) is 36.0 Å². The molecule has 1 fully saturated rings. The second-order valence-electron chi connectivity index (χ2n) is 6.43. The second kappa shape index (κ2) is 9.11. The molecule has 1 aromatic rings. The van der Waals surface area contributed by atoms with Crippen molar-refractivity contribution >= 4 is 5.91 Å². The molecule has 1 aliphatic heterocycles. The van der Waals surface area contributed by atoms with Gasteiger partial charge in [0, 0.05) is 39.8 Å². The molecule has 1 amide bonds. The van der Waals surface area contributed by atoms with E-state index in [1.165, 1.54) is 12.1 Å². The van der Waals surface area contributed by atoms with Gasteiger partial charge in [0.1, 0.15) is 5.82 Å². The Morgan fingerprint density at radius 1 is 1.33 bits per heavy atom. The SMILES string of the molecule is C[C@@H](C(=O)N(C)Cc1cccc(F)c1)N(C)CCN1CCOCC1. The van der Waals surface area contributed by atoms with Gasteiger partial charge in [-0.25, -0.2) is 4.39 Å². The van der Waals surface area contributed by atoms with Crippen LogP contribution in [0.2, 0.25) is 0 Å². The van der Waals surface area contributed by atoms with Gasteiger partial charge in [0.2, 0.25) is 5.91 Å². The lowest BCUT2D eigenvalue weighted by atomic mass is 10.2. The third kappa shape index (κ3) is 5.54. The van der Waals surface area contributed by atoms with E-state index in [0.29, 0.717) is 6.54 Å². The first kappa shape index (κ1) is 18.8. The van der Waals surface area contributed by atoms with E-state index < -0.39 is 0 Å². The molecular formula is C18H28FN3O2. The molecule has 134 valence electrons. The first-order chi connectivity index (χ1) is 11.5. The summed E-state index contributed by atoms with van der Waals surface area (Å²) in [5.74, 6) is -0.229. The van der Waals surface area contributed by atoms with Crippen molar-refractivity contribution < 1.29 is 13.9 Å². The van der Waals surface area contributed by atoms with Crippen molar-refractivity contribution in [2.45, 2.75) is 19.5 Å². The van der Waals surface area contributed by atoms with Crippen molar-refractivity contribution in [3.05, 3.63) is 35.6 Å². The Kier molecular flexibility index (Phi) is 7.15. The van der Waals surface area contributed by atoms with Gasteiger partial charge in [0.25, 0.3) is 0 Å². The predicted molar refractivity (Wildman–Crippen MR) is 92.2 cm³/mol. The van der Waals surface area contributed by atoms with Crippen LogP contribution < -0.4 is 0 Å². The fourth-order valence-electron chi connectivity index (χ4n) is 2.81. The van der Waals surface area contributed by atoms with Crippen LogP contribution in [0.15, 0.2) is 24.3 Å². The summed E-state index contributed by atoms with van der Waals surface area (Å²) < 4.78 is 18.6. The molecular weight excluding hydrogens is 309 g/mol. The number of hydrogen-bond donors (Lipinski definition) is 0. The molecule has 0 spiro atoms. The Morgan fingerprint density at radius 2 is 2.04 bits per heavy atom. The highest BCUT2D eigenvalue weighted by Gasteiger charge is 2.22. The highest BCUT2D eigenvalue weighted by molar-refractivity contribution is 5.81. The van der Waals surface area contributed by atoms with Crippen molar-refractivity contribution in [3.8, 4) is 0 Å². The fraction of sp³-hybridized carbons (Fsp3) is 0.611. The maximum Gasteiger partial charge on any atom is 0.239 e. The summed E-state index contributed by atoms with van der Waals surface area (Å²) in [6.45, 7) is 7.59. The average Bonchev–Trinajstić information content (AvgIpc) is 2.59. The summed E-state index contributed by atoms with van der Waals surface area (Å²) in [6.07, 6.45) is 0. The van der Waals surface area contributed by atoms with Crippen LogP contribution in [0.1, 0.15) is 12.5 Å². The highest BCUT2D eigenvalue weighted by atomic mass is 19.1. The molecule has 1 aromatic carbocycles. The monoisotopic (exact) mass is 337 g/mol. The summed E-state index contributed by atoms with van der Waals surface area (Å²) >= 11 is 0. The Morgan fingerprint density at radius 3 is 2.71 bits per heavy atom. The van der Waals surface area contributed by atoms with Gasteiger partial charge in [0.15, 0.2) is 0 Å². The number of carbonyl (C=O) groups excluding carboxylic acids is 1. The quantitative estimate of drug-likeness (QED) is 0.754. The molecule has 5 nitrogen and oxygen atoms in total. The van der Waals surface area contributed by atoms with E-state index >= 15 is 0 Å². The fourth-order valence-corrected chi connectivity index (χ4v) is 2.81. The minimum Gasteiger partial charge on any atom is -0.379 e. The molecule has 0 aromatic heterocycles. The number of benzene rings is 1. The van der Waals surface area contributed by atoms with Gasteiger partial charge in [-0.2, -0.15) is 0 Å². The maximum absolute atomic E-state index is 13.3. The van der Waals surface area contributed by atoms with Gasteiger partial charge in [-0.3, -0.25) is 14.6 Å². The van der Waals surface area contributed by atoms with Crippen LogP contribution in [-0.2, 0) is 16.1 Å². The van der Waals surface area contributed by atoms with Gasteiger partial charge in [-0.15, -0.1) is 0 Å². The molecule has 0 radical (unpaired) electrons. The Labute approximate surface area is 144 Å². The number of halogens is 1. The van der Waals surface area contributed by atoms with Gasteiger partial charge in [-0.1, -0.05) is 12.1 Å². The largest absolute Gasteiger partial charge is 0.379 e. The minimum atomic E-state index is -0.274. The minimum absolute atomic E-state index is 0.0451. The van der Waals surface area contributed by atoms with Crippen LogP contribution in [0, 0.1) is 5.82 Å². The summed E-state index contributed by atoms with van der Waals surface area (Å²) in [6, 6.07) is 6.18. The molecule has 2 rings (SSSR count). The molecule has 0 unspecified atom stereocenters. The second-order valence-corrected chi connectivity index (χ2v) is 6.43. The number of carbonyl (C=O) groups is 1.